The van der Waals surface area contributed by atoms with Crippen molar-refractivity contribution < 1.29 is 0 Å². The summed E-state index contributed by atoms with van der Waals surface area (Å²) in [6.45, 7) is 4.45. The van der Waals surface area contributed by atoms with Crippen molar-refractivity contribution in [3.05, 3.63) is 84.2 Å². The predicted molar refractivity (Wildman–Crippen MR) is 138 cm³/mol. The lowest BCUT2D eigenvalue weighted by molar-refractivity contribution is 0.335. The van der Waals surface area contributed by atoms with Crippen molar-refractivity contribution >= 4 is 18.1 Å². The van der Waals surface area contributed by atoms with Gasteiger partial charge in [0.2, 0.25) is 5.95 Å². The lowest BCUT2D eigenvalue weighted by Gasteiger charge is -2.41. The highest BCUT2D eigenvalue weighted by Crippen LogP contribution is 2.23. The summed E-state index contributed by atoms with van der Waals surface area (Å²) < 4.78 is 1.78. The number of benzene rings is 1. The quantitative estimate of drug-likeness (QED) is 0.334. The van der Waals surface area contributed by atoms with Gasteiger partial charge >= 0.3 is 0 Å². The predicted octanol–water partition coefficient (Wildman–Crippen LogP) is 3.36. The van der Waals surface area contributed by atoms with Gasteiger partial charge in [0, 0.05) is 75.1 Å². The fourth-order valence-corrected chi connectivity index (χ4v) is 4.51. The normalized spacial score (nSPS) is 16.5. The van der Waals surface area contributed by atoms with E-state index in [-0.39, 0.29) is 6.04 Å². The van der Waals surface area contributed by atoms with Crippen LogP contribution in [0.1, 0.15) is 23.7 Å². The summed E-state index contributed by atoms with van der Waals surface area (Å²) in [5.41, 5.74) is 5.31. The summed E-state index contributed by atoms with van der Waals surface area (Å²) in [6, 6.07) is 12.6. The fraction of sp³-hybridized carbons (Fsp3) is 0.269. The van der Waals surface area contributed by atoms with Crippen molar-refractivity contribution in [1.29, 1.82) is 5.41 Å². The Hall–Kier alpha value is -4.27. The molecule has 0 aliphatic carbocycles. The van der Waals surface area contributed by atoms with Crippen LogP contribution in [0.15, 0.2) is 72.4 Å². The Morgan fingerprint density at radius 3 is 2.60 bits per heavy atom. The highest BCUT2D eigenvalue weighted by molar-refractivity contribution is 6.01. The summed E-state index contributed by atoms with van der Waals surface area (Å²) in [5.74, 6) is 1.51. The summed E-state index contributed by atoms with van der Waals surface area (Å²) in [6.07, 6.45) is 11.6. The molecule has 0 saturated carbocycles. The zero-order valence-electron chi connectivity index (χ0n) is 20.0. The van der Waals surface area contributed by atoms with Gasteiger partial charge in [-0.25, -0.2) is 15.0 Å². The van der Waals surface area contributed by atoms with Crippen LogP contribution in [0.3, 0.4) is 0 Å². The molecule has 178 valence electrons. The van der Waals surface area contributed by atoms with E-state index >= 15 is 0 Å². The summed E-state index contributed by atoms with van der Waals surface area (Å²) in [7, 11) is 1.90. The van der Waals surface area contributed by atoms with Gasteiger partial charge in [-0.1, -0.05) is 30.3 Å². The molecular weight excluding hydrogens is 438 g/mol. The van der Waals surface area contributed by atoms with Gasteiger partial charge in [0.15, 0.2) is 5.84 Å². The third-order valence-corrected chi connectivity index (χ3v) is 6.28. The second-order valence-electron chi connectivity index (χ2n) is 8.83. The second kappa shape index (κ2) is 9.92. The van der Waals surface area contributed by atoms with E-state index in [4.69, 9.17) is 5.41 Å². The van der Waals surface area contributed by atoms with Crippen LogP contribution in [0.25, 0.3) is 11.1 Å². The molecule has 1 aromatic carbocycles. The van der Waals surface area contributed by atoms with E-state index in [2.05, 4.69) is 72.1 Å². The number of hydrogen-bond donors (Lipinski definition) is 2. The van der Waals surface area contributed by atoms with Gasteiger partial charge in [0.25, 0.3) is 0 Å². The number of aliphatic imine (C=N–C) groups is 1. The van der Waals surface area contributed by atoms with Crippen LogP contribution in [-0.2, 0) is 13.5 Å². The molecular formula is C26H29N9. The first-order valence-electron chi connectivity index (χ1n) is 11.7. The van der Waals surface area contributed by atoms with E-state index in [1.165, 1.54) is 5.56 Å². The maximum Gasteiger partial charge on any atom is 0.225 e. The first-order chi connectivity index (χ1) is 17.1. The van der Waals surface area contributed by atoms with Crippen molar-refractivity contribution in [1.82, 2.24) is 29.6 Å². The van der Waals surface area contributed by atoms with E-state index in [1.54, 1.807) is 4.68 Å². The highest BCUT2D eigenvalue weighted by Gasteiger charge is 2.28. The minimum Gasteiger partial charge on any atom is -0.358 e. The Labute approximate surface area is 204 Å². The van der Waals surface area contributed by atoms with Crippen LogP contribution in [0, 0.1) is 5.41 Å². The third-order valence-electron chi connectivity index (χ3n) is 6.28. The van der Waals surface area contributed by atoms with Crippen molar-refractivity contribution in [3.8, 4) is 11.1 Å². The third kappa shape index (κ3) is 4.98. The molecule has 1 atom stereocenters. The first kappa shape index (κ1) is 22.5. The van der Waals surface area contributed by atoms with Gasteiger partial charge in [-0.2, -0.15) is 5.10 Å². The van der Waals surface area contributed by atoms with Gasteiger partial charge in [-0.15, -0.1) is 0 Å². The number of piperazine rings is 1. The molecule has 4 heterocycles. The Kier molecular flexibility index (Phi) is 6.38. The molecule has 4 aromatic rings. The first-order valence-corrected chi connectivity index (χ1v) is 11.7. The van der Waals surface area contributed by atoms with Crippen molar-refractivity contribution in [2.24, 2.45) is 12.0 Å². The number of nitrogens with zero attached hydrogens (tertiary/aromatic N) is 7. The van der Waals surface area contributed by atoms with Crippen molar-refractivity contribution in [2.75, 3.05) is 24.5 Å². The number of aryl methyl sites for hydroxylation is 1. The number of aromatic amines is 1. The van der Waals surface area contributed by atoms with E-state index in [9.17, 15) is 0 Å². The van der Waals surface area contributed by atoms with Crippen LogP contribution in [0.5, 0.6) is 0 Å². The molecule has 3 aromatic heterocycles. The number of H-pyrrole nitrogens is 1. The molecule has 1 aliphatic heterocycles. The minimum atomic E-state index is 0.187. The van der Waals surface area contributed by atoms with Crippen molar-refractivity contribution in [2.45, 2.75) is 19.4 Å². The Morgan fingerprint density at radius 2 is 1.91 bits per heavy atom. The molecule has 1 saturated heterocycles. The average molecular weight is 468 g/mol. The zero-order chi connectivity index (χ0) is 24.2. The maximum absolute atomic E-state index is 7.60. The van der Waals surface area contributed by atoms with Gasteiger partial charge in [-0.3, -0.25) is 10.1 Å². The average Bonchev–Trinajstić information content (AvgIpc) is 3.53. The highest BCUT2D eigenvalue weighted by atomic mass is 15.4. The molecule has 0 amide bonds. The summed E-state index contributed by atoms with van der Waals surface area (Å²) in [4.78, 5) is 21.5. The summed E-state index contributed by atoms with van der Waals surface area (Å²) >= 11 is 0. The Bertz CT molecular complexity index is 1300. The van der Waals surface area contributed by atoms with Crippen molar-refractivity contribution in [3.63, 3.8) is 0 Å². The van der Waals surface area contributed by atoms with E-state index in [1.807, 2.05) is 44.1 Å². The fourth-order valence-electron chi connectivity index (χ4n) is 4.51. The second-order valence-corrected chi connectivity index (χ2v) is 8.83. The number of aromatic nitrogens is 5. The van der Waals surface area contributed by atoms with Gasteiger partial charge in [-0.05, 0) is 24.1 Å². The Balaban J connectivity index is 1.27. The Morgan fingerprint density at radius 1 is 1.11 bits per heavy atom. The zero-order valence-corrected chi connectivity index (χ0v) is 20.0. The molecule has 0 radical (unpaired) electrons. The van der Waals surface area contributed by atoms with Gasteiger partial charge < -0.3 is 14.8 Å². The molecule has 0 bridgehead atoms. The number of anilines is 1. The number of rotatable bonds is 6. The number of nitrogens with one attached hydrogen (secondary N) is 2. The lowest BCUT2D eigenvalue weighted by Crippen LogP contribution is -2.54. The van der Waals surface area contributed by atoms with Crippen LogP contribution in [0.2, 0.25) is 0 Å². The van der Waals surface area contributed by atoms with Crippen LogP contribution >= 0.6 is 0 Å². The molecule has 9 heteroatoms. The van der Waals surface area contributed by atoms with E-state index in [0.29, 0.717) is 0 Å². The standard InChI is InChI=1S/C26H29N9/c1-19-16-34(25(31-18-27)24-11-22(14-28-24)23-15-32-33(2)17-23)8-9-35(19)26-29-12-21(13-30-26)10-20-6-4-3-5-7-20/h3-7,11-15,17-19,27-28H,8-10,16H2,1-2H3/b27-18?,31-25+/t19-/m1/s1. The van der Waals surface area contributed by atoms with Crippen LogP contribution in [0.4, 0.5) is 5.95 Å². The van der Waals surface area contributed by atoms with Gasteiger partial charge in [0.05, 0.1) is 11.9 Å². The largest absolute Gasteiger partial charge is 0.358 e. The smallest absolute Gasteiger partial charge is 0.225 e. The van der Waals surface area contributed by atoms with Crippen LogP contribution in [-0.4, -0.2) is 67.5 Å². The summed E-state index contributed by atoms with van der Waals surface area (Å²) in [5, 5.41) is 11.9. The van der Waals surface area contributed by atoms with E-state index < -0.39 is 0 Å². The number of amidine groups is 1. The monoisotopic (exact) mass is 467 g/mol. The molecule has 1 fully saturated rings. The van der Waals surface area contributed by atoms with Gasteiger partial charge in [0.1, 0.15) is 6.34 Å². The molecule has 35 heavy (non-hydrogen) atoms. The molecule has 5 rings (SSSR count). The SMILES string of the molecule is C[C@@H]1CN(/C(=N/C=N)c2cc(-c3cnn(C)c3)c[nH]2)CCN1c1ncc(Cc2ccccc2)cn1. The minimum absolute atomic E-state index is 0.187. The molecule has 0 unspecified atom stereocenters. The molecule has 0 spiro atoms. The molecule has 1 aliphatic rings. The van der Waals surface area contributed by atoms with Crippen LogP contribution < -0.4 is 4.90 Å². The lowest BCUT2D eigenvalue weighted by atomic mass is 10.1. The topological polar surface area (TPSA) is 102 Å². The number of hydrogen-bond acceptors (Lipinski definition) is 5. The molecule has 9 nitrogen and oxygen atoms in total. The van der Waals surface area contributed by atoms with E-state index in [0.717, 1.165) is 66.6 Å². The maximum atomic E-state index is 7.60. The molecule has 2 N–H and O–H groups in total.